The molecular formula is C13H19ClN4. The number of hydrogen-bond donors (Lipinski definition) is 2. The SMILES string of the molecule is N=C(N)CCN1CCN(c2cccc(Cl)c2)CC1. The maximum Gasteiger partial charge on any atom is 0.0918 e. The number of halogens is 1. The normalized spacial score (nSPS) is 16.8. The van der Waals surface area contributed by atoms with Gasteiger partial charge in [0.1, 0.15) is 0 Å². The summed E-state index contributed by atoms with van der Waals surface area (Å²) >= 11 is 6.00. The number of nitrogens with one attached hydrogen (secondary N) is 1. The molecule has 0 saturated carbocycles. The lowest BCUT2D eigenvalue weighted by molar-refractivity contribution is 0.264. The fourth-order valence-corrected chi connectivity index (χ4v) is 2.37. The second-order valence-electron chi connectivity index (χ2n) is 4.58. The third-order valence-electron chi connectivity index (χ3n) is 3.24. The second-order valence-corrected chi connectivity index (χ2v) is 5.02. The lowest BCUT2D eigenvalue weighted by atomic mass is 10.2. The summed E-state index contributed by atoms with van der Waals surface area (Å²) in [5, 5.41) is 8.02. The Kier molecular flexibility index (Phi) is 4.44. The molecule has 5 heteroatoms. The van der Waals surface area contributed by atoms with Gasteiger partial charge in [0.2, 0.25) is 0 Å². The molecule has 0 radical (unpaired) electrons. The summed E-state index contributed by atoms with van der Waals surface area (Å²) in [4.78, 5) is 4.69. The van der Waals surface area contributed by atoms with Crippen molar-refractivity contribution in [1.29, 1.82) is 5.41 Å². The van der Waals surface area contributed by atoms with Crippen LogP contribution in [0.2, 0.25) is 5.02 Å². The van der Waals surface area contributed by atoms with E-state index in [1.165, 1.54) is 5.69 Å². The Labute approximate surface area is 113 Å². The number of anilines is 1. The van der Waals surface area contributed by atoms with E-state index in [1.54, 1.807) is 0 Å². The van der Waals surface area contributed by atoms with Crippen LogP contribution in [0.3, 0.4) is 0 Å². The van der Waals surface area contributed by atoms with E-state index in [-0.39, 0.29) is 5.84 Å². The molecule has 0 amide bonds. The number of benzene rings is 1. The van der Waals surface area contributed by atoms with Gasteiger partial charge in [0, 0.05) is 49.9 Å². The molecule has 0 atom stereocenters. The molecular weight excluding hydrogens is 248 g/mol. The van der Waals surface area contributed by atoms with E-state index in [9.17, 15) is 0 Å². The van der Waals surface area contributed by atoms with E-state index in [4.69, 9.17) is 22.7 Å². The second kappa shape index (κ2) is 6.07. The summed E-state index contributed by atoms with van der Waals surface area (Å²) in [5.74, 6) is 0.271. The molecule has 3 N–H and O–H groups in total. The van der Waals surface area contributed by atoms with Gasteiger partial charge in [-0.3, -0.25) is 10.3 Å². The summed E-state index contributed by atoms with van der Waals surface area (Å²) in [6.07, 6.45) is 0.664. The highest BCUT2D eigenvalue weighted by Crippen LogP contribution is 2.20. The van der Waals surface area contributed by atoms with Crippen LogP contribution in [0.4, 0.5) is 5.69 Å². The predicted molar refractivity (Wildman–Crippen MR) is 76.6 cm³/mol. The largest absolute Gasteiger partial charge is 0.388 e. The van der Waals surface area contributed by atoms with Gasteiger partial charge in [0.25, 0.3) is 0 Å². The number of nitrogens with zero attached hydrogens (tertiary/aromatic N) is 2. The quantitative estimate of drug-likeness (QED) is 0.645. The maximum absolute atomic E-state index is 7.24. The van der Waals surface area contributed by atoms with Crippen LogP contribution in [0, 0.1) is 5.41 Å². The van der Waals surface area contributed by atoms with E-state index in [0.717, 1.165) is 37.7 Å². The fourth-order valence-electron chi connectivity index (χ4n) is 2.18. The number of amidine groups is 1. The van der Waals surface area contributed by atoms with Gasteiger partial charge in [-0.1, -0.05) is 17.7 Å². The van der Waals surface area contributed by atoms with Gasteiger partial charge in [-0.15, -0.1) is 0 Å². The van der Waals surface area contributed by atoms with E-state index in [1.807, 2.05) is 18.2 Å². The van der Waals surface area contributed by atoms with Crippen molar-refractivity contribution >= 4 is 23.1 Å². The minimum absolute atomic E-state index is 0.271. The highest BCUT2D eigenvalue weighted by atomic mass is 35.5. The predicted octanol–water partition coefficient (Wildman–Crippen LogP) is 1.79. The fraction of sp³-hybridized carbons (Fsp3) is 0.462. The molecule has 1 aliphatic rings. The molecule has 0 spiro atoms. The molecule has 0 bridgehead atoms. The number of hydrogen-bond acceptors (Lipinski definition) is 3. The Morgan fingerprint density at radius 1 is 1.28 bits per heavy atom. The first-order valence-electron chi connectivity index (χ1n) is 6.21. The van der Waals surface area contributed by atoms with Crippen molar-refractivity contribution in [3.63, 3.8) is 0 Å². The highest BCUT2D eigenvalue weighted by Gasteiger charge is 2.16. The zero-order chi connectivity index (χ0) is 13.0. The van der Waals surface area contributed by atoms with Crippen molar-refractivity contribution in [2.24, 2.45) is 5.73 Å². The lowest BCUT2D eigenvalue weighted by Gasteiger charge is -2.36. The van der Waals surface area contributed by atoms with Crippen LogP contribution in [-0.4, -0.2) is 43.5 Å². The topological polar surface area (TPSA) is 56.4 Å². The number of piperazine rings is 1. The van der Waals surface area contributed by atoms with Gasteiger partial charge in [-0.2, -0.15) is 0 Å². The van der Waals surface area contributed by atoms with Crippen LogP contribution in [0.1, 0.15) is 6.42 Å². The molecule has 1 aliphatic heterocycles. The van der Waals surface area contributed by atoms with E-state index < -0.39 is 0 Å². The van der Waals surface area contributed by atoms with Crippen molar-refractivity contribution in [2.75, 3.05) is 37.6 Å². The van der Waals surface area contributed by atoms with Crippen molar-refractivity contribution in [3.8, 4) is 0 Å². The standard InChI is InChI=1S/C13H19ClN4/c14-11-2-1-3-12(10-11)18-8-6-17(7-9-18)5-4-13(15)16/h1-3,10H,4-9H2,(H3,15,16). The highest BCUT2D eigenvalue weighted by molar-refractivity contribution is 6.30. The first kappa shape index (κ1) is 13.2. The summed E-state index contributed by atoms with van der Waals surface area (Å²) in [6.45, 7) is 4.91. The average molecular weight is 267 g/mol. The molecule has 98 valence electrons. The van der Waals surface area contributed by atoms with Crippen LogP contribution >= 0.6 is 11.6 Å². The number of nitrogens with two attached hydrogens (primary N) is 1. The molecule has 0 aliphatic carbocycles. The molecule has 1 aromatic rings. The maximum atomic E-state index is 7.24. The molecule has 1 saturated heterocycles. The van der Waals surface area contributed by atoms with Crippen molar-refractivity contribution in [2.45, 2.75) is 6.42 Å². The summed E-state index contributed by atoms with van der Waals surface area (Å²) in [7, 11) is 0. The van der Waals surface area contributed by atoms with E-state index >= 15 is 0 Å². The van der Waals surface area contributed by atoms with Crippen LogP contribution in [0.25, 0.3) is 0 Å². The molecule has 1 heterocycles. The van der Waals surface area contributed by atoms with Crippen LogP contribution in [-0.2, 0) is 0 Å². The van der Waals surface area contributed by atoms with Gasteiger partial charge in [0.15, 0.2) is 0 Å². The monoisotopic (exact) mass is 266 g/mol. The lowest BCUT2D eigenvalue weighted by Crippen LogP contribution is -2.47. The van der Waals surface area contributed by atoms with Crippen LogP contribution in [0.15, 0.2) is 24.3 Å². The number of rotatable bonds is 4. The summed E-state index contributed by atoms with van der Waals surface area (Å²) < 4.78 is 0. The first-order valence-corrected chi connectivity index (χ1v) is 6.59. The van der Waals surface area contributed by atoms with Crippen LogP contribution < -0.4 is 10.6 Å². The Morgan fingerprint density at radius 2 is 2.00 bits per heavy atom. The van der Waals surface area contributed by atoms with Crippen molar-refractivity contribution < 1.29 is 0 Å². The molecule has 1 aromatic carbocycles. The minimum atomic E-state index is 0.271. The van der Waals surface area contributed by atoms with Gasteiger partial charge >= 0.3 is 0 Å². The Hall–Kier alpha value is -1.26. The molecule has 2 rings (SSSR count). The molecule has 0 aromatic heterocycles. The van der Waals surface area contributed by atoms with Gasteiger partial charge in [0.05, 0.1) is 5.84 Å². The minimum Gasteiger partial charge on any atom is -0.388 e. The van der Waals surface area contributed by atoms with E-state index in [0.29, 0.717) is 6.42 Å². The summed E-state index contributed by atoms with van der Waals surface area (Å²) in [5.41, 5.74) is 6.56. The van der Waals surface area contributed by atoms with Gasteiger partial charge in [-0.25, -0.2) is 0 Å². The third kappa shape index (κ3) is 3.62. The average Bonchev–Trinajstić information content (AvgIpc) is 2.37. The van der Waals surface area contributed by atoms with Gasteiger partial charge in [-0.05, 0) is 18.2 Å². The van der Waals surface area contributed by atoms with Crippen molar-refractivity contribution in [3.05, 3.63) is 29.3 Å². The smallest absolute Gasteiger partial charge is 0.0918 e. The zero-order valence-corrected chi connectivity index (χ0v) is 11.2. The zero-order valence-electron chi connectivity index (χ0n) is 10.4. The van der Waals surface area contributed by atoms with Crippen molar-refractivity contribution in [1.82, 2.24) is 4.90 Å². The Morgan fingerprint density at radius 3 is 2.61 bits per heavy atom. The molecule has 18 heavy (non-hydrogen) atoms. The first-order chi connectivity index (χ1) is 8.65. The Balaban J connectivity index is 1.85. The summed E-state index contributed by atoms with van der Waals surface area (Å²) in [6, 6.07) is 7.98. The van der Waals surface area contributed by atoms with Gasteiger partial charge < -0.3 is 10.6 Å². The molecule has 0 unspecified atom stereocenters. The third-order valence-corrected chi connectivity index (χ3v) is 3.48. The Bertz CT molecular complexity index is 413. The van der Waals surface area contributed by atoms with Crippen LogP contribution in [0.5, 0.6) is 0 Å². The molecule has 4 nitrogen and oxygen atoms in total. The molecule has 1 fully saturated rings. The van der Waals surface area contributed by atoms with E-state index in [2.05, 4.69) is 15.9 Å².